The number of carboxylic acids is 1. The van der Waals surface area contributed by atoms with Crippen LogP contribution in [0.4, 0.5) is 5.69 Å². The van der Waals surface area contributed by atoms with E-state index in [4.69, 9.17) is 22.4 Å². The maximum Gasteiger partial charge on any atom is 0.320 e. The smallest absolute Gasteiger partial charge is 0.320 e. The summed E-state index contributed by atoms with van der Waals surface area (Å²) in [5, 5.41) is 8.94. The maximum absolute atomic E-state index is 12.0. The van der Waals surface area contributed by atoms with Crippen LogP contribution >= 0.6 is 11.6 Å². The lowest BCUT2D eigenvalue weighted by molar-refractivity contribution is -0.138. The van der Waals surface area contributed by atoms with Gasteiger partial charge in [0.15, 0.2) is 0 Å². The largest absolute Gasteiger partial charge is 0.480 e. The van der Waals surface area contributed by atoms with E-state index in [9.17, 15) is 9.59 Å². The van der Waals surface area contributed by atoms with Crippen molar-refractivity contribution in [2.75, 3.05) is 18.5 Å². The SMILES string of the molecule is CC(C)C[C@@H](N)C(=O)O.CN1C(=O)CN=C(c2ccccc2)c2cc(Cl)ccc21. The third kappa shape index (κ3) is 6.14. The van der Waals surface area contributed by atoms with Crippen LogP contribution in [0.15, 0.2) is 53.5 Å². The minimum absolute atomic E-state index is 0.0282. The van der Waals surface area contributed by atoms with Gasteiger partial charge < -0.3 is 15.7 Å². The number of benzene rings is 2. The molecule has 0 bridgehead atoms. The number of hydrogen-bond donors (Lipinski definition) is 2. The summed E-state index contributed by atoms with van der Waals surface area (Å²) < 4.78 is 0. The molecule has 2 aromatic rings. The van der Waals surface area contributed by atoms with Crippen LogP contribution < -0.4 is 10.6 Å². The lowest BCUT2D eigenvalue weighted by Crippen LogP contribution is -2.31. The van der Waals surface area contributed by atoms with E-state index < -0.39 is 12.0 Å². The second kappa shape index (κ2) is 10.2. The predicted octanol–water partition coefficient (Wildman–Crippen LogP) is 3.60. The number of nitrogens with two attached hydrogens (primary N) is 1. The molecule has 3 N–H and O–H groups in total. The second-order valence-corrected chi connectivity index (χ2v) is 7.66. The molecule has 6 nitrogen and oxygen atoms in total. The van der Waals surface area contributed by atoms with Crippen molar-refractivity contribution < 1.29 is 14.7 Å². The predicted molar refractivity (Wildman–Crippen MR) is 117 cm³/mol. The maximum atomic E-state index is 12.0. The summed E-state index contributed by atoms with van der Waals surface area (Å²) in [6.07, 6.45) is 0.551. The van der Waals surface area contributed by atoms with Crippen LogP contribution in [-0.4, -0.2) is 42.3 Å². The molecule has 2 aromatic carbocycles. The van der Waals surface area contributed by atoms with Crippen molar-refractivity contribution in [3.8, 4) is 0 Å². The monoisotopic (exact) mass is 415 g/mol. The number of carboxylic acid groups (broad SMARTS) is 1. The van der Waals surface area contributed by atoms with Crippen molar-refractivity contribution >= 4 is 34.9 Å². The lowest BCUT2D eigenvalue weighted by atomic mass is 10.0. The van der Waals surface area contributed by atoms with E-state index in [0.717, 1.165) is 22.5 Å². The number of aliphatic carboxylic acids is 1. The molecule has 0 saturated heterocycles. The summed E-state index contributed by atoms with van der Waals surface area (Å²) in [5.41, 5.74) is 8.73. The van der Waals surface area contributed by atoms with Crippen LogP contribution in [0.1, 0.15) is 31.4 Å². The average molecular weight is 416 g/mol. The molecule has 0 saturated carbocycles. The Bertz CT molecular complexity index is 897. The number of carbonyl (C=O) groups is 2. The van der Waals surface area contributed by atoms with Gasteiger partial charge in [0.25, 0.3) is 0 Å². The van der Waals surface area contributed by atoms with Gasteiger partial charge in [0.1, 0.15) is 12.6 Å². The van der Waals surface area contributed by atoms with Crippen molar-refractivity contribution in [1.82, 2.24) is 0 Å². The third-order valence-electron chi connectivity index (χ3n) is 4.41. The van der Waals surface area contributed by atoms with E-state index in [-0.39, 0.29) is 12.5 Å². The zero-order valence-corrected chi connectivity index (χ0v) is 17.6. The first-order valence-electron chi connectivity index (χ1n) is 9.35. The Labute approximate surface area is 176 Å². The topological polar surface area (TPSA) is 96.0 Å². The van der Waals surface area contributed by atoms with Gasteiger partial charge in [-0.25, -0.2) is 0 Å². The quantitative estimate of drug-likeness (QED) is 0.797. The highest BCUT2D eigenvalue weighted by Crippen LogP contribution is 2.28. The van der Waals surface area contributed by atoms with Gasteiger partial charge >= 0.3 is 5.97 Å². The lowest BCUT2D eigenvalue weighted by Gasteiger charge is -2.18. The van der Waals surface area contributed by atoms with Crippen molar-refractivity contribution in [1.29, 1.82) is 0 Å². The highest BCUT2D eigenvalue weighted by Gasteiger charge is 2.22. The van der Waals surface area contributed by atoms with E-state index >= 15 is 0 Å². The summed E-state index contributed by atoms with van der Waals surface area (Å²) >= 11 is 6.11. The molecule has 29 heavy (non-hydrogen) atoms. The van der Waals surface area contributed by atoms with E-state index in [0.29, 0.717) is 17.4 Å². The van der Waals surface area contributed by atoms with Gasteiger partial charge in [0.05, 0.1) is 11.4 Å². The van der Waals surface area contributed by atoms with Gasteiger partial charge in [0, 0.05) is 23.2 Å². The average Bonchev–Trinajstić information content (AvgIpc) is 2.79. The fourth-order valence-corrected chi connectivity index (χ4v) is 3.09. The minimum Gasteiger partial charge on any atom is -0.480 e. The first kappa shape index (κ1) is 22.6. The van der Waals surface area contributed by atoms with Gasteiger partial charge in [-0.05, 0) is 30.5 Å². The van der Waals surface area contributed by atoms with E-state index in [2.05, 4.69) is 4.99 Å². The highest BCUT2D eigenvalue weighted by atomic mass is 35.5. The molecule has 1 aliphatic heterocycles. The molecule has 0 radical (unpaired) electrons. The normalized spacial score (nSPS) is 14.3. The number of halogens is 1. The molecule has 3 rings (SSSR count). The fraction of sp³-hybridized carbons (Fsp3) is 0.318. The van der Waals surface area contributed by atoms with Gasteiger partial charge in [-0.3, -0.25) is 14.6 Å². The molecule has 0 spiro atoms. The molecule has 0 fully saturated rings. The van der Waals surface area contributed by atoms with Gasteiger partial charge in [-0.15, -0.1) is 0 Å². The molecule has 0 aromatic heterocycles. The zero-order valence-electron chi connectivity index (χ0n) is 16.8. The van der Waals surface area contributed by atoms with Crippen molar-refractivity contribution in [2.24, 2.45) is 16.6 Å². The number of fused-ring (bicyclic) bond motifs is 1. The Morgan fingerprint density at radius 2 is 1.90 bits per heavy atom. The summed E-state index contributed by atoms with van der Waals surface area (Å²) in [4.78, 5) is 28.2. The number of amides is 1. The summed E-state index contributed by atoms with van der Waals surface area (Å²) in [6, 6.07) is 14.7. The molecule has 7 heteroatoms. The standard InChI is InChI=1S/C16H13ClN2O.C6H13NO2/c1-19-14-8-7-12(17)9-13(14)16(18-10-15(19)20)11-5-3-2-4-6-11;1-4(2)3-5(7)6(8)9/h2-9H,10H2,1H3;4-5H,3,7H2,1-2H3,(H,8,9)/t;5-/m.1/s1. The van der Waals surface area contributed by atoms with Crippen LogP contribution in [0, 0.1) is 5.92 Å². The van der Waals surface area contributed by atoms with Gasteiger partial charge in [-0.2, -0.15) is 0 Å². The number of hydrogen-bond acceptors (Lipinski definition) is 4. The summed E-state index contributed by atoms with van der Waals surface area (Å²) in [5.74, 6) is -0.584. The zero-order chi connectivity index (χ0) is 21.6. The van der Waals surface area contributed by atoms with Crippen LogP contribution in [-0.2, 0) is 9.59 Å². The fourth-order valence-electron chi connectivity index (χ4n) is 2.91. The molecule has 154 valence electrons. The summed E-state index contributed by atoms with van der Waals surface area (Å²) in [6.45, 7) is 4.04. The Balaban J connectivity index is 0.000000284. The van der Waals surface area contributed by atoms with Crippen LogP contribution in [0.2, 0.25) is 5.02 Å². The number of anilines is 1. The number of nitrogens with zero attached hydrogens (tertiary/aromatic N) is 2. The van der Waals surface area contributed by atoms with E-state index in [1.54, 1.807) is 18.0 Å². The Morgan fingerprint density at radius 1 is 1.24 bits per heavy atom. The van der Waals surface area contributed by atoms with Crippen LogP contribution in [0.3, 0.4) is 0 Å². The van der Waals surface area contributed by atoms with Crippen molar-refractivity contribution in [3.63, 3.8) is 0 Å². The second-order valence-electron chi connectivity index (χ2n) is 7.22. The van der Waals surface area contributed by atoms with Gasteiger partial charge in [0.2, 0.25) is 5.91 Å². The molecule has 1 heterocycles. The molecule has 0 unspecified atom stereocenters. The van der Waals surface area contributed by atoms with Gasteiger partial charge in [-0.1, -0.05) is 55.8 Å². The molecule has 1 atom stereocenters. The van der Waals surface area contributed by atoms with E-state index in [1.165, 1.54) is 0 Å². The molecular weight excluding hydrogens is 390 g/mol. The first-order valence-corrected chi connectivity index (χ1v) is 9.73. The van der Waals surface area contributed by atoms with Crippen molar-refractivity contribution in [3.05, 3.63) is 64.7 Å². The Morgan fingerprint density at radius 3 is 2.45 bits per heavy atom. The Kier molecular flexibility index (Phi) is 7.93. The summed E-state index contributed by atoms with van der Waals surface area (Å²) in [7, 11) is 1.76. The first-order chi connectivity index (χ1) is 13.7. The number of benzodiazepines with no additional fused rings is 1. The molecular formula is C22H26ClN3O3. The number of likely N-dealkylation sites (N-methyl/N-ethyl adjacent to an activating group) is 1. The minimum atomic E-state index is -0.913. The highest BCUT2D eigenvalue weighted by molar-refractivity contribution is 6.32. The Hall–Kier alpha value is -2.70. The molecule has 1 amide bonds. The van der Waals surface area contributed by atoms with Crippen molar-refractivity contribution in [2.45, 2.75) is 26.3 Å². The third-order valence-corrected chi connectivity index (χ3v) is 4.65. The van der Waals surface area contributed by atoms with Crippen LogP contribution in [0.25, 0.3) is 0 Å². The van der Waals surface area contributed by atoms with E-state index in [1.807, 2.05) is 56.3 Å². The van der Waals surface area contributed by atoms with Crippen LogP contribution in [0.5, 0.6) is 0 Å². The number of aliphatic imine (C=N–C) groups is 1. The number of rotatable bonds is 4. The molecule has 0 aliphatic carbocycles. The number of carbonyl (C=O) groups excluding carboxylic acids is 1. The molecule has 1 aliphatic rings.